The highest BCUT2D eigenvalue weighted by molar-refractivity contribution is 9.10. The average Bonchev–Trinajstić information content (AvgIpc) is 2.90. The summed E-state index contributed by atoms with van der Waals surface area (Å²) in [6.45, 7) is 0.183. The molecule has 1 aromatic heterocycles. The topological polar surface area (TPSA) is 88.4 Å². The lowest BCUT2D eigenvalue weighted by molar-refractivity contribution is 0.0925. The minimum atomic E-state index is -3.63. The maximum atomic E-state index is 12.0. The van der Waals surface area contributed by atoms with Gasteiger partial charge >= 0.3 is 0 Å². The van der Waals surface area contributed by atoms with Gasteiger partial charge in [0.1, 0.15) is 0 Å². The Morgan fingerprint density at radius 3 is 2.41 bits per heavy atom. The van der Waals surface area contributed by atoms with Crippen molar-refractivity contribution in [2.75, 3.05) is 13.1 Å². The zero-order valence-corrected chi connectivity index (χ0v) is 14.3. The highest BCUT2D eigenvalue weighted by atomic mass is 79.9. The van der Waals surface area contributed by atoms with E-state index in [0.29, 0.717) is 9.69 Å². The minimum absolute atomic E-state index is 0.0541. The molecule has 0 radical (unpaired) electrons. The number of halogens is 2. The quantitative estimate of drug-likeness (QED) is 0.720. The normalized spacial score (nSPS) is 11.4. The number of hydrogen-bond donors (Lipinski definition) is 2. The molecule has 0 fully saturated rings. The van der Waals surface area contributed by atoms with Crippen molar-refractivity contribution >= 4 is 43.5 Å². The van der Waals surface area contributed by atoms with Crippen LogP contribution >= 0.6 is 27.5 Å². The van der Waals surface area contributed by atoms with Gasteiger partial charge < -0.3 is 9.73 Å². The summed E-state index contributed by atoms with van der Waals surface area (Å²) in [6, 6.07) is 8.90. The Morgan fingerprint density at radius 2 is 1.82 bits per heavy atom. The van der Waals surface area contributed by atoms with Crippen molar-refractivity contribution in [2.45, 2.75) is 4.90 Å². The Kier molecular flexibility index (Phi) is 5.63. The number of carbonyl (C=O) groups excluding carboxylic acids is 1. The van der Waals surface area contributed by atoms with Crippen LogP contribution in [0.5, 0.6) is 0 Å². The molecule has 1 aromatic carbocycles. The van der Waals surface area contributed by atoms with Crippen LogP contribution in [-0.4, -0.2) is 27.4 Å². The van der Waals surface area contributed by atoms with Gasteiger partial charge in [-0.15, -0.1) is 0 Å². The fraction of sp³-hybridized carbons (Fsp3) is 0.154. The van der Waals surface area contributed by atoms with Crippen LogP contribution in [0.3, 0.4) is 0 Å². The van der Waals surface area contributed by atoms with E-state index in [1.165, 1.54) is 30.3 Å². The zero-order chi connectivity index (χ0) is 16.2. The van der Waals surface area contributed by atoms with Gasteiger partial charge in [-0.3, -0.25) is 4.79 Å². The van der Waals surface area contributed by atoms with Gasteiger partial charge in [0.15, 0.2) is 10.4 Å². The van der Waals surface area contributed by atoms with Crippen molar-refractivity contribution < 1.29 is 17.6 Å². The standard InChI is InChI=1S/C13H12BrClN2O4S/c14-12-6-5-11(21-12)13(18)16-7-8-17-22(19,20)10-3-1-9(15)2-4-10/h1-6,17H,7-8H2,(H,16,18). The fourth-order valence-corrected chi connectivity index (χ4v) is 3.05. The van der Waals surface area contributed by atoms with Crippen molar-refractivity contribution in [2.24, 2.45) is 0 Å². The molecule has 1 heterocycles. The molecule has 118 valence electrons. The highest BCUT2D eigenvalue weighted by Gasteiger charge is 2.14. The predicted molar refractivity (Wildman–Crippen MR) is 85.4 cm³/mol. The molecule has 9 heteroatoms. The van der Waals surface area contributed by atoms with Crippen LogP contribution < -0.4 is 10.0 Å². The van der Waals surface area contributed by atoms with Gasteiger partial charge in [-0.25, -0.2) is 13.1 Å². The summed E-state index contributed by atoms with van der Waals surface area (Å²) in [5.74, 6) is -0.274. The molecule has 0 aliphatic rings. The molecule has 22 heavy (non-hydrogen) atoms. The number of benzene rings is 1. The number of rotatable bonds is 6. The third kappa shape index (κ3) is 4.57. The molecule has 0 saturated heterocycles. The molecule has 0 atom stereocenters. The Bertz CT molecular complexity index is 759. The molecule has 0 bridgehead atoms. The fourth-order valence-electron chi connectivity index (χ4n) is 1.58. The van der Waals surface area contributed by atoms with Crippen LogP contribution in [0.25, 0.3) is 0 Å². The van der Waals surface area contributed by atoms with E-state index in [9.17, 15) is 13.2 Å². The third-order valence-corrected chi connectivity index (χ3v) is 4.78. The molecule has 0 saturated carbocycles. The van der Waals surface area contributed by atoms with Crippen molar-refractivity contribution in [3.8, 4) is 0 Å². The van der Waals surface area contributed by atoms with Gasteiger partial charge in [0.05, 0.1) is 4.90 Å². The lowest BCUT2D eigenvalue weighted by Gasteiger charge is -2.07. The van der Waals surface area contributed by atoms with Crippen molar-refractivity contribution in [1.29, 1.82) is 0 Å². The number of nitrogens with one attached hydrogen (secondary N) is 2. The molecule has 1 amide bonds. The maximum absolute atomic E-state index is 12.0. The van der Waals surface area contributed by atoms with E-state index in [0.717, 1.165) is 0 Å². The number of sulfonamides is 1. The first kappa shape index (κ1) is 17.0. The Balaban J connectivity index is 1.83. The maximum Gasteiger partial charge on any atom is 0.287 e. The number of carbonyl (C=O) groups is 1. The molecular weight excluding hydrogens is 396 g/mol. The lowest BCUT2D eigenvalue weighted by atomic mass is 10.4. The number of hydrogen-bond acceptors (Lipinski definition) is 4. The minimum Gasteiger partial charge on any atom is -0.444 e. The van der Waals surface area contributed by atoms with E-state index < -0.39 is 15.9 Å². The smallest absolute Gasteiger partial charge is 0.287 e. The van der Waals surface area contributed by atoms with Gasteiger partial charge in [-0.1, -0.05) is 11.6 Å². The summed E-state index contributed by atoms with van der Waals surface area (Å²) in [7, 11) is -3.63. The van der Waals surface area contributed by atoms with Gasteiger partial charge in [-0.05, 0) is 52.3 Å². The van der Waals surface area contributed by atoms with E-state index >= 15 is 0 Å². The molecule has 0 aliphatic heterocycles. The summed E-state index contributed by atoms with van der Waals surface area (Å²) in [5.41, 5.74) is 0. The Hall–Kier alpha value is -1.35. The van der Waals surface area contributed by atoms with E-state index in [1.807, 2.05) is 0 Å². The molecule has 0 aliphatic carbocycles. The second kappa shape index (κ2) is 7.28. The molecular formula is C13H12BrClN2O4S. The van der Waals surface area contributed by atoms with Crippen LogP contribution in [0.2, 0.25) is 5.02 Å². The average molecular weight is 408 g/mol. The van der Waals surface area contributed by atoms with E-state index in [4.69, 9.17) is 16.0 Å². The molecule has 6 nitrogen and oxygen atoms in total. The van der Waals surface area contributed by atoms with Gasteiger partial charge in [0.25, 0.3) is 5.91 Å². The zero-order valence-electron chi connectivity index (χ0n) is 11.2. The second-order valence-corrected chi connectivity index (χ2v) is 7.20. The summed E-state index contributed by atoms with van der Waals surface area (Å²) < 4.78 is 31.8. The molecule has 2 aromatic rings. The SMILES string of the molecule is O=C(NCCNS(=O)(=O)c1ccc(Cl)cc1)c1ccc(Br)o1. The van der Waals surface area contributed by atoms with Crippen molar-refractivity contribution in [3.05, 3.63) is 51.9 Å². The van der Waals surface area contributed by atoms with E-state index in [1.54, 1.807) is 6.07 Å². The van der Waals surface area contributed by atoms with E-state index in [-0.39, 0.29) is 23.7 Å². The van der Waals surface area contributed by atoms with Gasteiger partial charge in [-0.2, -0.15) is 0 Å². The lowest BCUT2D eigenvalue weighted by Crippen LogP contribution is -2.34. The van der Waals surface area contributed by atoms with Crippen LogP contribution in [0, 0.1) is 0 Å². The Labute approximate surface area is 141 Å². The number of furan rings is 1. The van der Waals surface area contributed by atoms with Crippen LogP contribution in [0.1, 0.15) is 10.6 Å². The first-order valence-electron chi connectivity index (χ1n) is 6.17. The van der Waals surface area contributed by atoms with E-state index in [2.05, 4.69) is 26.0 Å². The van der Waals surface area contributed by atoms with Crippen LogP contribution in [0.4, 0.5) is 0 Å². The molecule has 2 N–H and O–H groups in total. The summed E-state index contributed by atoms with van der Waals surface area (Å²) in [4.78, 5) is 11.8. The first-order valence-corrected chi connectivity index (χ1v) is 8.83. The van der Waals surface area contributed by atoms with Gasteiger partial charge in [0, 0.05) is 18.1 Å². The largest absolute Gasteiger partial charge is 0.444 e. The first-order chi connectivity index (χ1) is 10.4. The van der Waals surface area contributed by atoms with Crippen molar-refractivity contribution in [3.63, 3.8) is 0 Å². The number of amides is 1. The Morgan fingerprint density at radius 1 is 1.14 bits per heavy atom. The second-order valence-electron chi connectivity index (χ2n) is 4.21. The summed E-state index contributed by atoms with van der Waals surface area (Å²) in [5, 5.41) is 3.00. The third-order valence-electron chi connectivity index (χ3n) is 2.62. The predicted octanol–water partition coefficient (Wildman–Crippen LogP) is 2.40. The highest BCUT2D eigenvalue weighted by Crippen LogP contribution is 2.14. The monoisotopic (exact) mass is 406 g/mol. The van der Waals surface area contributed by atoms with Crippen LogP contribution in [-0.2, 0) is 10.0 Å². The molecule has 0 spiro atoms. The van der Waals surface area contributed by atoms with Crippen LogP contribution in [0.15, 0.2) is 50.4 Å². The summed E-state index contributed by atoms with van der Waals surface area (Å²) in [6.07, 6.45) is 0. The summed E-state index contributed by atoms with van der Waals surface area (Å²) >= 11 is 8.80. The van der Waals surface area contributed by atoms with Gasteiger partial charge in [0.2, 0.25) is 10.0 Å². The molecule has 2 rings (SSSR count). The molecule has 0 unspecified atom stereocenters. The van der Waals surface area contributed by atoms with Crippen molar-refractivity contribution in [1.82, 2.24) is 10.0 Å².